The average molecular weight is 416 g/mol. The largest absolute Gasteiger partial charge is 0.396 e. The van der Waals surface area contributed by atoms with Gasteiger partial charge in [-0.05, 0) is 99.2 Å². The normalized spacial score (nSPS) is 47.9. The maximum atomic E-state index is 13.2. The first-order valence-electron chi connectivity index (χ1n) is 12.0. The van der Waals surface area contributed by atoms with Crippen molar-refractivity contribution in [1.82, 2.24) is 15.0 Å². The van der Waals surface area contributed by atoms with Crippen molar-refractivity contribution in [2.75, 3.05) is 6.61 Å². The maximum absolute atomic E-state index is 13.2. The smallest absolute Gasteiger partial charge is 0.159 e. The van der Waals surface area contributed by atoms with Gasteiger partial charge in [0, 0.05) is 12.5 Å². The third kappa shape index (κ3) is 3.01. The van der Waals surface area contributed by atoms with E-state index in [1.807, 2.05) is 6.92 Å². The molecule has 166 valence electrons. The van der Waals surface area contributed by atoms with E-state index < -0.39 is 5.60 Å². The van der Waals surface area contributed by atoms with Gasteiger partial charge in [0.2, 0.25) is 0 Å². The molecule has 30 heavy (non-hydrogen) atoms. The first-order chi connectivity index (χ1) is 14.3. The number of hydrogen-bond donors (Lipinski definition) is 2. The number of rotatable bonds is 4. The zero-order chi connectivity index (χ0) is 21.1. The number of carbonyl (C=O) groups excluding carboxylic acids is 1. The molecule has 5 rings (SSSR count). The van der Waals surface area contributed by atoms with Gasteiger partial charge in [-0.1, -0.05) is 6.92 Å². The Morgan fingerprint density at radius 3 is 2.53 bits per heavy atom. The van der Waals surface area contributed by atoms with Crippen LogP contribution in [0, 0.1) is 40.4 Å². The van der Waals surface area contributed by atoms with Crippen LogP contribution in [0.15, 0.2) is 12.4 Å². The van der Waals surface area contributed by atoms with Gasteiger partial charge < -0.3 is 10.2 Å². The number of carbonyl (C=O) groups is 1. The molecule has 6 heteroatoms. The van der Waals surface area contributed by atoms with Crippen molar-refractivity contribution in [3.8, 4) is 0 Å². The highest BCUT2D eigenvalue weighted by Crippen LogP contribution is 2.68. The summed E-state index contributed by atoms with van der Waals surface area (Å²) in [5, 5.41) is 29.6. The lowest BCUT2D eigenvalue weighted by Gasteiger charge is -2.62. The van der Waals surface area contributed by atoms with Gasteiger partial charge in [0.25, 0.3) is 0 Å². The van der Waals surface area contributed by atoms with Crippen molar-refractivity contribution in [2.45, 2.75) is 83.8 Å². The van der Waals surface area contributed by atoms with Crippen molar-refractivity contribution in [2.24, 2.45) is 40.4 Å². The molecule has 4 saturated carbocycles. The summed E-state index contributed by atoms with van der Waals surface area (Å²) in [6, 6.07) is 0. The van der Waals surface area contributed by atoms with Gasteiger partial charge in [0.1, 0.15) is 6.54 Å². The molecule has 0 spiro atoms. The van der Waals surface area contributed by atoms with E-state index in [2.05, 4.69) is 17.1 Å². The molecule has 0 unspecified atom stereocenters. The average Bonchev–Trinajstić information content (AvgIpc) is 3.34. The van der Waals surface area contributed by atoms with Gasteiger partial charge in [-0.3, -0.25) is 4.79 Å². The van der Waals surface area contributed by atoms with Crippen LogP contribution in [-0.2, 0) is 11.3 Å². The van der Waals surface area contributed by atoms with Gasteiger partial charge in [0.05, 0.1) is 18.0 Å². The van der Waals surface area contributed by atoms with Crippen LogP contribution in [0.1, 0.15) is 71.6 Å². The number of aliphatic hydroxyl groups excluding tert-OH is 1. The van der Waals surface area contributed by atoms with Crippen LogP contribution in [0.5, 0.6) is 0 Å². The predicted molar refractivity (Wildman–Crippen MR) is 112 cm³/mol. The van der Waals surface area contributed by atoms with E-state index in [0.29, 0.717) is 23.7 Å². The fraction of sp³-hybridized carbons (Fsp3) is 0.875. The van der Waals surface area contributed by atoms with E-state index in [1.165, 1.54) is 11.2 Å². The quantitative estimate of drug-likeness (QED) is 0.788. The Kier molecular flexibility index (Phi) is 4.90. The Hall–Kier alpha value is -1.27. The van der Waals surface area contributed by atoms with Crippen molar-refractivity contribution < 1.29 is 15.0 Å². The number of fused-ring (bicyclic) bond motifs is 5. The highest BCUT2D eigenvalue weighted by molar-refractivity contribution is 5.82. The molecule has 0 aliphatic heterocycles. The summed E-state index contributed by atoms with van der Waals surface area (Å²) in [6.07, 6.45) is 12.4. The minimum absolute atomic E-state index is 0.0203. The second-order valence-electron chi connectivity index (χ2n) is 11.4. The summed E-state index contributed by atoms with van der Waals surface area (Å²) in [6.45, 7) is 4.88. The molecule has 4 fully saturated rings. The van der Waals surface area contributed by atoms with Crippen molar-refractivity contribution in [3.05, 3.63) is 12.4 Å². The van der Waals surface area contributed by atoms with Crippen LogP contribution in [0.2, 0.25) is 0 Å². The van der Waals surface area contributed by atoms with Crippen LogP contribution in [0.3, 0.4) is 0 Å². The van der Waals surface area contributed by atoms with Crippen LogP contribution in [0.25, 0.3) is 0 Å². The minimum atomic E-state index is -0.579. The molecule has 0 saturated heterocycles. The summed E-state index contributed by atoms with van der Waals surface area (Å²) >= 11 is 0. The van der Waals surface area contributed by atoms with Crippen LogP contribution in [-0.4, -0.2) is 43.2 Å². The van der Waals surface area contributed by atoms with Crippen LogP contribution >= 0.6 is 0 Å². The first kappa shape index (κ1) is 20.6. The molecule has 4 aliphatic carbocycles. The van der Waals surface area contributed by atoms with E-state index in [4.69, 9.17) is 0 Å². The number of ketones is 1. The molecule has 4 aliphatic rings. The summed E-state index contributed by atoms with van der Waals surface area (Å²) in [5.74, 6) is 2.54. The second-order valence-corrected chi connectivity index (χ2v) is 11.4. The van der Waals surface area contributed by atoms with Gasteiger partial charge in [-0.15, -0.1) is 0 Å². The molecule has 0 amide bonds. The predicted octanol–water partition coefficient (Wildman–Crippen LogP) is 3.23. The first-order valence-corrected chi connectivity index (χ1v) is 12.0. The fourth-order valence-electron chi connectivity index (χ4n) is 8.65. The Labute approximate surface area is 179 Å². The van der Waals surface area contributed by atoms with Gasteiger partial charge in [-0.2, -0.15) is 15.0 Å². The van der Waals surface area contributed by atoms with Gasteiger partial charge in [-0.25, -0.2) is 0 Å². The monoisotopic (exact) mass is 415 g/mol. The lowest BCUT2D eigenvalue weighted by Crippen LogP contribution is -2.58. The molecule has 0 bridgehead atoms. The second kappa shape index (κ2) is 7.13. The Balaban J connectivity index is 1.38. The summed E-state index contributed by atoms with van der Waals surface area (Å²) in [7, 11) is 0. The number of hydrogen-bond acceptors (Lipinski definition) is 5. The van der Waals surface area contributed by atoms with E-state index in [0.717, 1.165) is 51.4 Å². The summed E-state index contributed by atoms with van der Waals surface area (Å²) < 4.78 is 0. The molecule has 1 aromatic rings. The standard InChI is InChI=1S/C24H37N3O3/c1-22(30)9-10-24(15-28)16(13-22)3-4-17-18-5-6-20(23(18,2)8-7-19(17)24)21(29)14-27-25-11-12-26-27/h11-12,16-20,28,30H,3-10,13-15H2,1-2H3/t16-,17-,18-,19-,20+,22+,23-,24+/m0/s1. The molecule has 8 atom stereocenters. The zero-order valence-corrected chi connectivity index (χ0v) is 18.5. The van der Waals surface area contributed by atoms with E-state index in [9.17, 15) is 15.0 Å². The highest BCUT2D eigenvalue weighted by Gasteiger charge is 2.62. The third-order valence-corrected chi connectivity index (χ3v) is 10.1. The van der Waals surface area contributed by atoms with E-state index in [-0.39, 0.29) is 35.7 Å². The highest BCUT2D eigenvalue weighted by atomic mass is 16.3. The zero-order valence-electron chi connectivity index (χ0n) is 18.5. The lowest BCUT2D eigenvalue weighted by atomic mass is 9.43. The topological polar surface area (TPSA) is 88.2 Å². The molecule has 1 aromatic heterocycles. The Morgan fingerprint density at radius 2 is 1.80 bits per heavy atom. The van der Waals surface area contributed by atoms with Crippen molar-refractivity contribution in [3.63, 3.8) is 0 Å². The maximum Gasteiger partial charge on any atom is 0.159 e. The summed E-state index contributed by atoms with van der Waals surface area (Å²) in [4.78, 5) is 14.7. The minimum Gasteiger partial charge on any atom is -0.396 e. The molecule has 6 nitrogen and oxygen atoms in total. The van der Waals surface area contributed by atoms with Crippen molar-refractivity contribution in [1.29, 1.82) is 0 Å². The lowest BCUT2D eigenvalue weighted by molar-refractivity contribution is -0.171. The molecule has 0 radical (unpaired) electrons. The molecule has 0 aromatic carbocycles. The Morgan fingerprint density at radius 1 is 1.03 bits per heavy atom. The van der Waals surface area contributed by atoms with Gasteiger partial charge >= 0.3 is 0 Å². The van der Waals surface area contributed by atoms with Gasteiger partial charge in [0.15, 0.2) is 5.78 Å². The van der Waals surface area contributed by atoms with E-state index in [1.54, 1.807) is 12.4 Å². The number of Topliss-reactive ketones (excluding diaryl/α,β-unsaturated/α-hetero) is 1. The van der Waals surface area contributed by atoms with Crippen LogP contribution in [0.4, 0.5) is 0 Å². The molecule has 1 heterocycles. The fourth-order valence-corrected chi connectivity index (χ4v) is 8.65. The Bertz CT molecular complexity index is 794. The molecule has 2 N–H and O–H groups in total. The van der Waals surface area contributed by atoms with E-state index >= 15 is 0 Å². The molecular weight excluding hydrogens is 378 g/mol. The number of nitrogens with zero attached hydrogens (tertiary/aromatic N) is 3. The van der Waals surface area contributed by atoms with Crippen LogP contribution < -0.4 is 0 Å². The molecular formula is C24H37N3O3. The summed E-state index contributed by atoms with van der Waals surface area (Å²) in [5.41, 5.74) is -0.534. The number of aliphatic hydroxyl groups is 2. The third-order valence-electron chi connectivity index (χ3n) is 10.1. The number of aromatic nitrogens is 3. The SMILES string of the molecule is C[C@@]1(O)CC[C@@]2(CO)[C@@H](CC[C@H]3[C@@H]4CC[C@H](C(=O)Cn5nccn5)[C@@]4(C)CC[C@@H]32)C1. The van der Waals surface area contributed by atoms with Crippen molar-refractivity contribution >= 4 is 5.78 Å².